The van der Waals surface area contributed by atoms with Crippen LogP contribution in [0.2, 0.25) is 0 Å². The fraction of sp³-hybridized carbons (Fsp3) is 0.200. The molecule has 102 valence electrons. The van der Waals surface area contributed by atoms with Gasteiger partial charge in [-0.15, -0.1) is 22.7 Å². The molecule has 1 aromatic carbocycles. The molecule has 2 aromatic heterocycles. The zero-order chi connectivity index (χ0) is 14.1. The minimum atomic E-state index is 0.605. The van der Waals surface area contributed by atoms with Crippen molar-refractivity contribution in [2.75, 3.05) is 5.73 Å². The van der Waals surface area contributed by atoms with Crippen molar-refractivity contribution in [2.24, 2.45) is 0 Å². The minimum absolute atomic E-state index is 0.605. The van der Waals surface area contributed by atoms with E-state index in [0.29, 0.717) is 5.13 Å². The molecule has 5 heteroatoms. The normalized spacial score (nSPS) is 10.9. The first-order valence-corrected chi connectivity index (χ1v) is 8.15. The topological polar surface area (TPSA) is 51.8 Å². The highest BCUT2D eigenvalue weighted by Crippen LogP contribution is 2.37. The predicted octanol–water partition coefficient (Wildman–Crippen LogP) is 4.39. The molecule has 0 aliphatic rings. The monoisotopic (exact) mass is 301 g/mol. The lowest BCUT2D eigenvalue weighted by Gasteiger charge is -1.99. The maximum atomic E-state index is 5.74. The smallest absolute Gasteiger partial charge is 0.180 e. The number of hydrogen-bond acceptors (Lipinski definition) is 5. The van der Waals surface area contributed by atoms with Crippen LogP contribution in [0.25, 0.3) is 21.1 Å². The van der Waals surface area contributed by atoms with Crippen molar-refractivity contribution in [1.29, 1.82) is 0 Å². The summed E-state index contributed by atoms with van der Waals surface area (Å²) in [5.41, 5.74) is 10.2. The van der Waals surface area contributed by atoms with Crippen LogP contribution in [-0.4, -0.2) is 9.97 Å². The molecule has 0 saturated carbocycles. The third-order valence-electron chi connectivity index (χ3n) is 3.16. The molecular formula is C15H15N3S2. The molecule has 0 aliphatic heterocycles. The second-order valence-electron chi connectivity index (χ2n) is 4.53. The summed E-state index contributed by atoms with van der Waals surface area (Å²) >= 11 is 3.17. The van der Waals surface area contributed by atoms with Crippen LogP contribution in [0.1, 0.15) is 18.2 Å². The van der Waals surface area contributed by atoms with Gasteiger partial charge in [-0.3, -0.25) is 0 Å². The van der Waals surface area contributed by atoms with Crippen LogP contribution in [0, 0.1) is 6.92 Å². The van der Waals surface area contributed by atoms with Gasteiger partial charge in [-0.25, -0.2) is 9.97 Å². The van der Waals surface area contributed by atoms with Gasteiger partial charge in [0, 0.05) is 10.9 Å². The van der Waals surface area contributed by atoms with E-state index in [1.54, 1.807) is 11.3 Å². The molecule has 3 nitrogen and oxygen atoms in total. The lowest BCUT2D eigenvalue weighted by Crippen LogP contribution is -1.86. The molecule has 2 heterocycles. The molecular weight excluding hydrogens is 286 g/mol. The molecule has 0 amide bonds. The Labute approximate surface area is 126 Å². The Bertz CT molecular complexity index is 743. The van der Waals surface area contributed by atoms with E-state index in [1.165, 1.54) is 22.5 Å². The number of benzene rings is 1. The summed E-state index contributed by atoms with van der Waals surface area (Å²) in [7, 11) is 0. The molecule has 0 aliphatic carbocycles. The molecule has 0 radical (unpaired) electrons. The van der Waals surface area contributed by atoms with Crippen molar-refractivity contribution >= 4 is 27.8 Å². The lowest BCUT2D eigenvalue weighted by molar-refractivity contribution is 1.06. The van der Waals surface area contributed by atoms with Gasteiger partial charge in [0.1, 0.15) is 5.01 Å². The van der Waals surface area contributed by atoms with Crippen LogP contribution in [0.4, 0.5) is 5.13 Å². The number of aromatic nitrogens is 2. The highest BCUT2D eigenvalue weighted by atomic mass is 32.1. The molecule has 3 aromatic rings. The van der Waals surface area contributed by atoms with Crippen LogP contribution < -0.4 is 5.73 Å². The molecule has 0 saturated heterocycles. The van der Waals surface area contributed by atoms with E-state index in [0.717, 1.165) is 27.7 Å². The van der Waals surface area contributed by atoms with E-state index in [4.69, 9.17) is 10.7 Å². The maximum Gasteiger partial charge on any atom is 0.180 e. The second-order valence-corrected chi connectivity index (χ2v) is 6.42. The lowest BCUT2D eigenvalue weighted by atomic mass is 10.1. The molecule has 0 fully saturated rings. The Morgan fingerprint density at radius 2 is 2.00 bits per heavy atom. The number of hydrogen-bond donors (Lipinski definition) is 1. The number of anilines is 1. The van der Waals surface area contributed by atoms with Crippen molar-refractivity contribution in [3.05, 3.63) is 40.9 Å². The van der Waals surface area contributed by atoms with Crippen LogP contribution in [0.5, 0.6) is 0 Å². The number of thiazole rings is 2. The number of nitrogen functional groups attached to an aromatic ring is 1. The summed E-state index contributed by atoms with van der Waals surface area (Å²) in [6, 6.07) is 8.33. The molecule has 2 N–H and O–H groups in total. The Morgan fingerprint density at radius 3 is 2.65 bits per heavy atom. The highest BCUT2D eigenvalue weighted by Gasteiger charge is 2.16. The number of nitrogens with zero attached hydrogens (tertiary/aromatic N) is 2. The van der Waals surface area contributed by atoms with Gasteiger partial charge in [-0.1, -0.05) is 31.2 Å². The van der Waals surface area contributed by atoms with Crippen molar-refractivity contribution in [3.8, 4) is 21.1 Å². The average molecular weight is 301 g/mol. The van der Waals surface area contributed by atoms with Crippen LogP contribution >= 0.6 is 22.7 Å². The summed E-state index contributed by atoms with van der Waals surface area (Å²) < 4.78 is 0. The molecule has 3 rings (SSSR count). The Morgan fingerprint density at radius 1 is 1.20 bits per heavy atom. The summed E-state index contributed by atoms with van der Waals surface area (Å²) in [6.07, 6.45) is 0.898. The van der Waals surface area contributed by atoms with Crippen molar-refractivity contribution in [2.45, 2.75) is 20.3 Å². The van der Waals surface area contributed by atoms with Crippen molar-refractivity contribution in [3.63, 3.8) is 0 Å². The van der Waals surface area contributed by atoms with Gasteiger partial charge >= 0.3 is 0 Å². The van der Waals surface area contributed by atoms with Gasteiger partial charge in [0.25, 0.3) is 0 Å². The zero-order valence-corrected chi connectivity index (χ0v) is 13.0. The molecule has 0 bridgehead atoms. The fourth-order valence-electron chi connectivity index (χ4n) is 2.11. The Balaban J connectivity index is 2.12. The zero-order valence-electron chi connectivity index (χ0n) is 11.4. The summed E-state index contributed by atoms with van der Waals surface area (Å²) in [5.74, 6) is 0. The van der Waals surface area contributed by atoms with E-state index in [9.17, 15) is 0 Å². The van der Waals surface area contributed by atoms with E-state index >= 15 is 0 Å². The first-order valence-electron chi connectivity index (χ1n) is 6.46. The third-order valence-corrected chi connectivity index (χ3v) is 4.99. The maximum absolute atomic E-state index is 5.74. The van der Waals surface area contributed by atoms with Gasteiger partial charge < -0.3 is 5.73 Å². The van der Waals surface area contributed by atoms with Gasteiger partial charge in [0.2, 0.25) is 0 Å². The molecule has 0 spiro atoms. The highest BCUT2D eigenvalue weighted by molar-refractivity contribution is 7.19. The minimum Gasteiger partial charge on any atom is -0.375 e. The van der Waals surface area contributed by atoms with E-state index in [2.05, 4.69) is 43.1 Å². The SMILES string of the molecule is CCc1nc(-c2ccccc2C)sc1-c1csc(N)n1. The number of rotatable bonds is 3. The predicted molar refractivity (Wildman–Crippen MR) is 87.2 cm³/mol. The Hall–Kier alpha value is -1.72. The quantitative estimate of drug-likeness (QED) is 0.780. The fourth-order valence-corrected chi connectivity index (χ4v) is 3.95. The van der Waals surface area contributed by atoms with Gasteiger partial charge in [-0.05, 0) is 18.9 Å². The van der Waals surface area contributed by atoms with Crippen LogP contribution in [-0.2, 0) is 6.42 Å². The molecule has 0 unspecified atom stereocenters. The van der Waals surface area contributed by atoms with Crippen LogP contribution in [0.3, 0.4) is 0 Å². The number of nitrogens with two attached hydrogens (primary N) is 1. The van der Waals surface area contributed by atoms with E-state index in [-0.39, 0.29) is 0 Å². The van der Waals surface area contributed by atoms with E-state index < -0.39 is 0 Å². The first-order chi connectivity index (χ1) is 9.69. The third kappa shape index (κ3) is 2.34. The van der Waals surface area contributed by atoms with Crippen LogP contribution in [0.15, 0.2) is 29.6 Å². The van der Waals surface area contributed by atoms with Gasteiger partial charge in [-0.2, -0.15) is 0 Å². The summed E-state index contributed by atoms with van der Waals surface area (Å²) in [4.78, 5) is 10.3. The average Bonchev–Trinajstić information content (AvgIpc) is 3.05. The Kier molecular flexibility index (Phi) is 3.54. The second kappa shape index (κ2) is 5.34. The standard InChI is InChI=1S/C15H15N3S2/c1-3-11-13(12-8-19-15(16)18-12)20-14(17-11)10-7-5-4-6-9(10)2/h4-8H,3H2,1-2H3,(H2,16,18). The van der Waals surface area contributed by atoms with Gasteiger partial charge in [0.05, 0.1) is 16.3 Å². The summed E-state index contributed by atoms with van der Waals surface area (Å²) in [6.45, 7) is 4.23. The first kappa shape index (κ1) is 13.3. The number of aryl methyl sites for hydroxylation is 2. The molecule has 0 atom stereocenters. The summed E-state index contributed by atoms with van der Waals surface area (Å²) in [5, 5.41) is 3.67. The largest absolute Gasteiger partial charge is 0.375 e. The van der Waals surface area contributed by atoms with Crippen molar-refractivity contribution in [1.82, 2.24) is 9.97 Å². The molecule has 20 heavy (non-hydrogen) atoms. The van der Waals surface area contributed by atoms with E-state index in [1.807, 2.05) is 5.38 Å². The van der Waals surface area contributed by atoms with Crippen molar-refractivity contribution < 1.29 is 0 Å². The van der Waals surface area contributed by atoms with Gasteiger partial charge in [0.15, 0.2) is 5.13 Å².